The Kier molecular flexibility index (Phi) is 6.78. The van der Waals surface area contributed by atoms with Gasteiger partial charge in [0.2, 0.25) is 5.91 Å². The predicted octanol–water partition coefficient (Wildman–Crippen LogP) is 1.11. The fraction of sp³-hybridized carbons (Fsp3) is 0.857. The summed E-state index contributed by atoms with van der Waals surface area (Å²) < 4.78 is 5.39. The molecule has 0 aromatic carbocycles. The second-order valence-electron chi connectivity index (χ2n) is 5.71. The topological polar surface area (TPSA) is 70.7 Å². The molecule has 1 fully saturated rings. The number of ether oxygens (including phenoxy) is 1. The fourth-order valence-corrected chi connectivity index (χ4v) is 2.16. The highest BCUT2D eigenvalue weighted by molar-refractivity contribution is 5.81. The third kappa shape index (κ3) is 5.77. The number of carbonyl (C=O) groups excluding carboxylic acids is 2. The lowest BCUT2D eigenvalue weighted by Crippen LogP contribution is -2.44. The highest BCUT2D eigenvalue weighted by Crippen LogP contribution is 2.13. The van der Waals surface area contributed by atoms with Crippen LogP contribution in [-0.4, -0.2) is 54.7 Å². The quantitative estimate of drug-likeness (QED) is 0.688. The van der Waals surface area contributed by atoms with Crippen molar-refractivity contribution in [3.05, 3.63) is 0 Å². The molecule has 6 heteroatoms. The Balaban J connectivity index is 2.15. The van der Waals surface area contributed by atoms with Gasteiger partial charge in [0.15, 0.2) is 0 Å². The lowest BCUT2D eigenvalue weighted by Gasteiger charge is -2.21. The smallest absolute Gasteiger partial charge is 0.315 e. The fourth-order valence-electron chi connectivity index (χ4n) is 2.16. The van der Waals surface area contributed by atoms with Crippen LogP contribution in [0.4, 0.5) is 4.79 Å². The van der Waals surface area contributed by atoms with Crippen LogP contribution in [0.25, 0.3) is 0 Å². The van der Waals surface area contributed by atoms with Crippen molar-refractivity contribution in [3.63, 3.8) is 0 Å². The lowest BCUT2D eigenvalue weighted by atomic mass is 10.2. The van der Waals surface area contributed by atoms with Crippen LogP contribution >= 0.6 is 0 Å². The number of hydrogen-bond donors (Lipinski definition) is 2. The zero-order valence-electron chi connectivity index (χ0n) is 12.9. The van der Waals surface area contributed by atoms with E-state index in [1.807, 2.05) is 27.7 Å². The van der Waals surface area contributed by atoms with E-state index in [9.17, 15) is 9.59 Å². The van der Waals surface area contributed by atoms with Crippen molar-refractivity contribution in [2.75, 3.05) is 19.7 Å². The van der Waals surface area contributed by atoms with E-state index < -0.39 is 0 Å². The van der Waals surface area contributed by atoms with Crippen LogP contribution in [0, 0.1) is 0 Å². The van der Waals surface area contributed by atoms with E-state index >= 15 is 0 Å². The average Bonchev–Trinajstić information content (AvgIpc) is 2.69. The maximum absolute atomic E-state index is 11.7. The average molecular weight is 285 g/mol. The molecule has 1 atom stereocenters. The zero-order valence-corrected chi connectivity index (χ0v) is 12.9. The summed E-state index contributed by atoms with van der Waals surface area (Å²) in [5.74, 6) is 0.107. The summed E-state index contributed by atoms with van der Waals surface area (Å²) in [4.78, 5) is 25.2. The Bertz CT molecular complexity index is 332. The summed E-state index contributed by atoms with van der Waals surface area (Å²) in [6, 6.07) is -0.111. The largest absolute Gasteiger partial charge is 0.379 e. The van der Waals surface area contributed by atoms with E-state index in [0.717, 1.165) is 6.42 Å². The van der Waals surface area contributed by atoms with Gasteiger partial charge in [-0.3, -0.25) is 4.79 Å². The normalized spacial score (nSPS) is 19.0. The molecule has 0 aromatic rings. The molecule has 2 N–H and O–H groups in total. The maximum atomic E-state index is 11.7. The Morgan fingerprint density at radius 2 is 2.10 bits per heavy atom. The minimum atomic E-state index is -0.210. The molecule has 1 unspecified atom stereocenters. The van der Waals surface area contributed by atoms with Gasteiger partial charge in [0.05, 0.1) is 12.1 Å². The molecule has 3 amide bonds. The Labute approximate surface area is 121 Å². The number of hydrogen-bond acceptors (Lipinski definition) is 3. The van der Waals surface area contributed by atoms with Crippen molar-refractivity contribution in [1.29, 1.82) is 0 Å². The predicted molar refractivity (Wildman–Crippen MR) is 77.5 cm³/mol. The first-order valence-corrected chi connectivity index (χ1v) is 7.35. The minimum Gasteiger partial charge on any atom is -0.379 e. The van der Waals surface area contributed by atoms with Gasteiger partial charge >= 0.3 is 6.03 Å². The maximum Gasteiger partial charge on any atom is 0.315 e. The van der Waals surface area contributed by atoms with Crippen LogP contribution in [0.15, 0.2) is 0 Å². The van der Waals surface area contributed by atoms with Crippen LogP contribution in [0.3, 0.4) is 0 Å². The van der Waals surface area contributed by atoms with Gasteiger partial charge in [-0.2, -0.15) is 0 Å². The molecule has 116 valence electrons. The molecule has 0 bridgehead atoms. The van der Waals surface area contributed by atoms with Crippen LogP contribution < -0.4 is 10.6 Å². The number of carbonyl (C=O) groups is 2. The summed E-state index contributed by atoms with van der Waals surface area (Å²) in [5, 5.41) is 5.62. The van der Waals surface area contributed by atoms with Gasteiger partial charge in [-0.1, -0.05) is 0 Å². The lowest BCUT2D eigenvalue weighted by molar-refractivity contribution is -0.129. The number of likely N-dealkylation sites (tertiary alicyclic amines) is 1. The molecule has 1 aliphatic heterocycles. The number of rotatable bonds is 7. The van der Waals surface area contributed by atoms with Crippen molar-refractivity contribution in [3.8, 4) is 0 Å². The van der Waals surface area contributed by atoms with Gasteiger partial charge in [0.1, 0.15) is 0 Å². The van der Waals surface area contributed by atoms with Crippen LogP contribution in [0.1, 0.15) is 40.5 Å². The highest BCUT2D eigenvalue weighted by atomic mass is 16.5. The summed E-state index contributed by atoms with van der Waals surface area (Å²) in [6.07, 6.45) is 1.39. The number of nitrogens with one attached hydrogen (secondary N) is 2. The van der Waals surface area contributed by atoms with E-state index in [1.165, 1.54) is 0 Å². The van der Waals surface area contributed by atoms with Crippen LogP contribution in [0.5, 0.6) is 0 Å². The molecule has 1 aliphatic rings. The number of urea groups is 1. The monoisotopic (exact) mass is 285 g/mol. The molecule has 0 spiro atoms. The first-order valence-electron chi connectivity index (χ1n) is 7.35. The Morgan fingerprint density at radius 3 is 2.65 bits per heavy atom. The van der Waals surface area contributed by atoms with Gasteiger partial charge in [-0.25, -0.2) is 4.79 Å². The van der Waals surface area contributed by atoms with Crippen molar-refractivity contribution in [1.82, 2.24) is 15.5 Å². The summed E-state index contributed by atoms with van der Waals surface area (Å²) >= 11 is 0. The van der Waals surface area contributed by atoms with Gasteiger partial charge in [0.25, 0.3) is 0 Å². The third-order valence-corrected chi connectivity index (χ3v) is 3.17. The molecule has 0 radical (unpaired) electrons. The minimum absolute atomic E-state index is 0.0863. The molecule has 20 heavy (non-hydrogen) atoms. The van der Waals surface area contributed by atoms with Gasteiger partial charge in [-0.15, -0.1) is 0 Å². The Hall–Kier alpha value is -1.30. The van der Waals surface area contributed by atoms with Crippen LogP contribution in [0.2, 0.25) is 0 Å². The highest BCUT2D eigenvalue weighted by Gasteiger charge is 2.31. The van der Waals surface area contributed by atoms with Gasteiger partial charge in [0, 0.05) is 32.2 Å². The zero-order chi connectivity index (χ0) is 15.1. The molecule has 1 rings (SSSR count). The van der Waals surface area contributed by atoms with Crippen LogP contribution in [-0.2, 0) is 9.53 Å². The van der Waals surface area contributed by atoms with E-state index in [1.54, 1.807) is 4.90 Å². The standard InChI is InChI=1S/C14H27N3O3/c1-10(2)17-9-12(8-13(17)18)16-14(19)15-6-5-7-20-11(3)4/h10-12H,5-9H2,1-4H3,(H2,15,16,19). The van der Waals surface area contributed by atoms with Crippen molar-refractivity contribution >= 4 is 11.9 Å². The van der Waals surface area contributed by atoms with Crippen molar-refractivity contribution in [2.45, 2.75) is 58.7 Å². The van der Waals surface area contributed by atoms with E-state index in [-0.39, 0.29) is 30.1 Å². The second-order valence-corrected chi connectivity index (χ2v) is 5.71. The summed E-state index contributed by atoms with van der Waals surface area (Å²) in [5.41, 5.74) is 0. The number of amides is 3. The third-order valence-electron chi connectivity index (χ3n) is 3.17. The molecule has 1 heterocycles. The summed E-state index contributed by atoms with van der Waals surface area (Å²) in [7, 11) is 0. The molecule has 0 aromatic heterocycles. The van der Waals surface area contributed by atoms with E-state index in [0.29, 0.717) is 26.1 Å². The van der Waals surface area contributed by atoms with Gasteiger partial charge in [-0.05, 0) is 34.1 Å². The van der Waals surface area contributed by atoms with Crippen molar-refractivity contribution in [2.24, 2.45) is 0 Å². The van der Waals surface area contributed by atoms with E-state index in [2.05, 4.69) is 10.6 Å². The molecular formula is C14H27N3O3. The SMILES string of the molecule is CC(C)OCCCNC(=O)NC1CC(=O)N(C(C)C)C1. The second kappa shape index (κ2) is 8.09. The van der Waals surface area contributed by atoms with Gasteiger partial charge < -0.3 is 20.3 Å². The Morgan fingerprint density at radius 1 is 1.40 bits per heavy atom. The first kappa shape index (κ1) is 16.8. The van der Waals surface area contributed by atoms with Crippen molar-refractivity contribution < 1.29 is 14.3 Å². The first-order chi connectivity index (χ1) is 9.40. The number of nitrogens with zero attached hydrogens (tertiary/aromatic N) is 1. The molecular weight excluding hydrogens is 258 g/mol. The van der Waals surface area contributed by atoms with E-state index in [4.69, 9.17) is 4.74 Å². The molecule has 0 aliphatic carbocycles. The molecule has 6 nitrogen and oxygen atoms in total. The summed E-state index contributed by atoms with van der Waals surface area (Å²) in [6.45, 7) is 9.74. The molecule has 0 saturated carbocycles. The molecule has 1 saturated heterocycles.